The van der Waals surface area contributed by atoms with Crippen LogP contribution in [0.5, 0.6) is 5.75 Å². The van der Waals surface area contributed by atoms with E-state index in [1.807, 2.05) is 23.1 Å². The number of hydrogen-bond acceptors (Lipinski definition) is 7. The Hall–Kier alpha value is -3.45. The van der Waals surface area contributed by atoms with Gasteiger partial charge in [0.2, 0.25) is 5.91 Å². The van der Waals surface area contributed by atoms with Crippen LogP contribution in [0, 0.1) is 5.41 Å². The van der Waals surface area contributed by atoms with E-state index >= 15 is 0 Å². The number of carbonyl (C=O) groups excluding carboxylic acids is 2. The van der Waals surface area contributed by atoms with Gasteiger partial charge in [-0.3, -0.25) is 9.59 Å². The van der Waals surface area contributed by atoms with Crippen LogP contribution in [-0.2, 0) is 26.3 Å². The molecule has 11 nitrogen and oxygen atoms in total. The zero-order chi connectivity index (χ0) is 34.0. The lowest BCUT2D eigenvalue weighted by molar-refractivity contribution is -0.147. The Bertz CT molecular complexity index is 1850. The summed E-state index contributed by atoms with van der Waals surface area (Å²) in [6.07, 6.45) is 5.65. The van der Waals surface area contributed by atoms with E-state index in [2.05, 4.69) is 40.6 Å². The number of benzene rings is 2. The molecule has 3 aliphatic heterocycles. The topological polar surface area (TPSA) is 122 Å². The molecule has 258 valence electrons. The minimum absolute atomic E-state index is 0.0962. The third-order valence-electron chi connectivity index (χ3n) is 11.3. The lowest BCUT2D eigenvalue weighted by Crippen LogP contribution is -2.65. The number of rotatable bonds is 6. The highest BCUT2D eigenvalue weighted by molar-refractivity contribution is 7.87. The Morgan fingerprint density at radius 3 is 2.42 bits per heavy atom. The summed E-state index contributed by atoms with van der Waals surface area (Å²) in [5.41, 5.74) is 4.71. The van der Waals surface area contributed by atoms with Crippen molar-refractivity contribution >= 4 is 32.9 Å². The van der Waals surface area contributed by atoms with E-state index in [-0.39, 0.29) is 29.5 Å². The predicted octanol–water partition coefficient (Wildman–Crippen LogP) is 4.22. The molecule has 4 heterocycles. The fourth-order valence-electron chi connectivity index (χ4n) is 8.47. The molecule has 7 rings (SSSR count). The fraction of sp³-hybridized carbons (Fsp3) is 0.556. The first-order valence-electron chi connectivity index (χ1n) is 17.1. The van der Waals surface area contributed by atoms with E-state index in [0.717, 1.165) is 63.5 Å². The first-order valence-corrected chi connectivity index (χ1v) is 18.6. The van der Waals surface area contributed by atoms with Gasteiger partial charge in [-0.1, -0.05) is 32.3 Å². The van der Waals surface area contributed by atoms with Gasteiger partial charge in [0.15, 0.2) is 0 Å². The number of aromatic nitrogens is 1. The largest absolute Gasteiger partial charge is 0.497 e. The van der Waals surface area contributed by atoms with Crippen molar-refractivity contribution in [3.05, 3.63) is 53.1 Å². The number of morpholine rings is 1. The van der Waals surface area contributed by atoms with E-state index in [0.29, 0.717) is 38.8 Å². The normalized spacial score (nSPS) is 26.1. The number of carbonyl (C=O) groups is 2. The summed E-state index contributed by atoms with van der Waals surface area (Å²) in [4.78, 5) is 30.4. The summed E-state index contributed by atoms with van der Waals surface area (Å²) < 4.78 is 42.1. The number of amides is 2. The maximum absolute atomic E-state index is 15.0. The van der Waals surface area contributed by atoms with E-state index in [4.69, 9.17) is 9.47 Å². The van der Waals surface area contributed by atoms with Crippen molar-refractivity contribution < 1.29 is 27.5 Å². The minimum Gasteiger partial charge on any atom is -0.497 e. The summed E-state index contributed by atoms with van der Waals surface area (Å²) >= 11 is 0. The molecule has 12 heteroatoms. The van der Waals surface area contributed by atoms with Crippen molar-refractivity contribution in [1.29, 1.82) is 0 Å². The van der Waals surface area contributed by atoms with Crippen LogP contribution in [0.15, 0.2) is 36.4 Å². The van der Waals surface area contributed by atoms with Gasteiger partial charge in [-0.25, -0.2) is 4.72 Å². The maximum atomic E-state index is 15.0. The van der Waals surface area contributed by atoms with E-state index in [1.54, 1.807) is 13.2 Å². The van der Waals surface area contributed by atoms with Gasteiger partial charge in [-0.2, -0.15) is 12.7 Å². The number of nitrogens with one attached hydrogen (secondary N) is 2. The summed E-state index contributed by atoms with van der Waals surface area (Å²) in [7, 11) is 0.446. The van der Waals surface area contributed by atoms with Crippen LogP contribution in [-0.4, -0.2) is 93.6 Å². The molecule has 2 bridgehead atoms. The molecule has 1 aromatic heterocycles. The second kappa shape index (κ2) is 12.5. The lowest BCUT2D eigenvalue weighted by atomic mass is 9.72. The highest BCUT2D eigenvalue weighted by Gasteiger charge is 2.48. The standard InChI is InChI=1S/C36H47N5O6S/c1-22-30-16-27(46-5)12-14-28(30)33-32(23-9-7-6-8-10-23)29-13-11-24(34(42)38-48(44,45)39(3)4)15-31(29)41(33)21-36(22,2)35(43)40-17-25-19-47-20-26(18-40)37-25/h11-16,22-23,25-26,37H,6-10,17-21H2,1-5H3,(H,38,42). The molecule has 2 N–H and O–H groups in total. The maximum Gasteiger partial charge on any atom is 0.303 e. The molecule has 1 saturated carbocycles. The number of nitrogens with zero attached hydrogens (tertiary/aromatic N) is 3. The summed E-state index contributed by atoms with van der Waals surface area (Å²) in [6.45, 7) is 6.97. The van der Waals surface area contributed by atoms with Gasteiger partial charge >= 0.3 is 10.2 Å². The second-order valence-corrected chi connectivity index (χ2v) is 16.4. The van der Waals surface area contributed by atoms with Crippen molar-refractivity contribution in [3.8, 4) is 17.0 Å². The van der Waals surface area contributed by atoms with Crippen LogP contribution in [0.3, 0.4) is 0 Å². The van der Waals surface area contributed by atoms with Crippen LogP contribution in [0.2, 0.25) is 0 Å². The van der Waals surface area contributed by atoms with Gasteiger partial charge in [-0.05, 0) is 73.1 Å². The molecule has 0 spiro atoms. The van der Waals surface area contributed by atoms with E-state index in [9.17, 15) is 18.0 Å². The minimum atomic E-state index is -3.99. The number of hydrogen-bond donors (Lipinski definition) is 2. The number of fused-ring (bicyclic) bond motifs is 7. The predicted molar refractivity (Wildman–Crippen MR) is 184 cm³/mol. The van der Waals surface area contributed by atoms with Crippen molar-refractivity contribution in [2.24, 2.45) is 5.41 Å². The van der Waals surface area contributed by atoms with Crippen LogP contribution >= 0.6 is 0 Å². The molecule has 48 heavy (non-hydrogen) atoms. The Morgan fingerprint density at radius 2 is 1.75 bits per heavy atom. The number of piperazine rings is 1. The van der Waals surface area contributed by atoms with Crippen molar-refractivity contribution in [1.82, 2.24) is 23.8 Å². The van der Waals surface area contributed by atoms with Gasteiger partial charge < -0.3 is 24.3 Å². The SMILES string of the molecule is COc1ccc2c(c1)C(C)C(C)(C(=O)N1CC3COCC(C1)N3)Cn1c-2c(C2CCCCC2)c2ccc(C(=O)NS(=O)(=O)N(C)C)cc21. The molecule has 3 aromatic rings. The molecule has 4 aliphatic rings. The summed E-state index contributed by atoms with van der Waals surface area (Å²) in [5.74, 6) is 0.313. The highest BCUT2D eigenvalue weighted by atomic mass is 32.2. The van der Waals surface area contributed by atoms with Gasteiger partial charge in [0.1, 0.15) is 5.75 Å². The van der Waals surface area contributed by atoms with Gasteiger partial charge in [0.05, 0.1) is 31.4 Å². The zero-order valence-electron chi connectivity index (χ0n) is 28.5. The number of methoxy groups -OCH3 is 1. The Labute approximate surface area is 283 Å². The molecular weight excluding hydrogens is 630 g/mol. The Kier molecular flexibility index (Phi) is 8.58. The zero-order valence-corrected chi connectivity index (χ0v) is 29.4. The van der Waals surface area contributed by atoms with E-state index in [1.165, 1.54) is 26.1 Å². The molecule has 4 unspecified atom stereocenters. The van der Waals surface area contributed by atoms with Crippen LogP contribution in [0.25, 0.3) is 22.2 Å². The first-order chi connectivity index (χ1) is 22.9. The molecule has 1 aliphatic carbocycles. The Balaban J connectivity index is 1.44. The smallest absolute Gasteiger partial charge is 0.303 e. The monoisotopic (exact) mass is 677 g/mol. The molecule has 4 atom stereocenters. The lowest BCUT2D eigenvalue weighted by Gasteiger charge is -2.46. The molecule has 2 aromatic carbocycles. The molecule has 0 radical (unpaired) electrons. The van der Waals surface area contributed by atoms with Crippen molar-refractivity contribution in [2.75, 3.05) is 47.5 Å². The fourth-order valence-corrected chi connectivity index (χ4v) is 9.01. The highest BCUT2D eigenvalue weighted by Crippen LogP contribution is 2.53. The molecule has 2 amide bonds. The summed E-state index contributed by atoms with van der Waals surface area (Å²) in [6, 6.07) is 11.9. The van der Waals surface area contributed by atoms with Crippen LogP contribution < -0.4 is 14.8 Å². The van der Waals surface area contributed by atoms with Crippen molar-refractivity contribution in [2.45, 2.75) is 76.4 Å². The quantitative estimate of drug-likeness (QED) is 0.401. The van der Waals surface area contributed by atoms with Gasteiger partial charge in [-0.15, -0.1) is 0 Å². The third-order valence-corrected chi connectivity index (χ3v) is 12.7. The average molecular weight is 678 g/mol. The molecule has 2 saturated heterocycles. The number of ether oxygens (including phenoxy) is 2. The first kappa shape index (κ1) is 33.1. The third kappa shape index (κ3) is 5.60. The van der Waals surface area contributed by atoms with Crippen molar-refractivity contribution in [3.63, 3.8) is 0 Å². The molecule has 3 fully saturated rings. The average Bonchev–Trinajstić information content (AvgIpc) is 3.35. The summed E-state index contributed by atoms with van der Waals surface area (Å²) in [5, 5.41) is 4.65. The second-order valence-electron chi connectivity index (χ2n) is 14.5. The van der Waals surface area contributed by atoms with Gasteiger partial charge in [0.25, 0.3) is 5.91 Å². The van der Waals surface area contributed by atoms with Crippen LogP contribution in [0.4, 0.5) is 0 Å². The van der Waals surface area contributed by atoms with Crippen LogP contribution in [0.1, 0.15) is 79.3 Å². The molecular formula is C36H47N5O6S. The Morgan fingerprint density at radius 1 is 1.04 bits per heavy atom. The van der Waals surface area contributed by atoms with E-state index < -0.39 is 21.5 Å². The van der Waals surface area contributed by atoms with Gasteiger partial charge in [0, 0.05) is 67.8 Å².